The molecule has 2 amide bonds. The number of ketones is 1. The number of carbonyl (C=O) groups is 3. The zero-order chi connectivity index (χ0) is 19.1. The van der Waals surface area contributed by atoms with Crippen LogP contribution in [0.4, 0.5) is 10.8 Å². The Bertz CT molecular complexity index is 843. The van der Waals surface area contributed by atoms with Crippen molar-refractivity contribution in [3.63, 3.8) is 0 Å². The van der Waals surface area contributed by atoms with E-state index in [1.807, 2.05) is 0 Å². The first-order chi connectivity index (χ1) is 12.4. The normalized spacial score (nSPS) is 11.1. The van der Waals surface area contributed by atoms with Crippen molar-refractivity contribution < 1.29 is 19.1 Å². The SMILES string of the molecule is COCc1nnc(NC(=O)/C(C)=C\C(=O)Nc2ccc(C(C)=O)cc2)s1. The number of anilines is 2. The van der Waals surface area contributed by atoms with E-state index in [0.29, 0.717) is 28.0 Å². The lowest BCUT2D eigenvalue weighted by Crippen LogP contribution is -2.16. The van der Waals surface area contributed by atoms with Crippen molar-refractivity contribution in [3.8, 4) is 0 Å². The van der Waals surface area contributed by atoms with Crippen LogP contribution < -0.4 is 10.6 Å². The van der Waals surface area contributed by atoms with Crippen molar-refractivity contribution in [1.82, 2.24) is 10.2 Å². The molecule has 0 aliphatic heterocycles. The molecule has 0 spiro atoms. The van der Waals surface area contributed by atoms with Gasteiger partial charge in [0.2, 0.25) is 11.0 Å². The van der Waals surface area contributed by atoms with Crippen LogP contribution in [0.15, 0.2) is 35.9 Å². The Kier molecular flexibility index (Phi) is 6.70. The van der Waals surface area contributed by atoms with Crippen LogP contribution in [0, 0.1) is 0 Å². The summed E-state index contributed by atoms with van der Waals surface area (Å²) >= 11 is 1.19. The number of amides is 2. The third-order valence-corrected chi connectivity index (χ3v) is 4.03. The molecular formula is C17H18N4O4S. The summed E-state index contributed by atoms with van der Waals surface area (Å²) in [5, 5.41) is 13.9. The van der Waals surface area contributed by atoms with Crippen LogP contribution in [-0.4, -0.2) is 34.9 Å². The number of nitrogens with one attached hydrogen (secondary N) is 2. The zero-order valence-electron chi connectivity index (χ0n) is 14.5. The standard InChI is InChI=1S/C17H18N4O4S/c1-10(16(24)19-17-21-20-15(26-17)9-25-3)8-14(23)18-13-6-4-12(5-7-13)11(2)22/h4-8H,9H2,1-3H3,(H,18,23)(H,19,21,24)/b10-8-. The number of hydrogen-bond acceptors (Lipinski definition) is 7. The van der Waals surface area contributed by atoms with E-state index in [0.717, 1.165) is 0 Å². The summed E-state index contributed by atoms with van der Waals surface area (Å²) in [6.07, 6.45) is 1.19. The molecule has 2 N–H and O–H groups in total. The first-order valence-electron chi connectivity index (χ1n) is 7.62. The van der Waals surface area contributed by atoms with Gasteiger partial charge >= 0.3 is 0 Å². The number of methoxy groups -OCH3 is 1. The van der Waals surface area contributed by atoms with Crippen molar-refractivity contribution in [3.05, 3.63) is 46.5 Å². The van der Waals surface area contributed by atoms with Gasteiger partial charge in [-0.1, -0.05) is 11.3 Å². The first kappa shape index (κ1) is 19.4. The highest BCUT2D eigenvalue weighted by Gasteiger charge is 2.11. The lowest BCUT2D eigenvalue weighted by atomic mass is 10.1. The molecule has 0 aliphatic rings. The molecule has 0 fully saturated rings. The summed E-state index contributed by atoms with van der Waals surface area (Å²) in [6, 6.07) is 6.48. The van der Waals surface area contributed by atoms with E-state index in [2.05, 4.69) is 20.8 Å². The van der Waals surface area contributed by atoms with E-state index >= 15 is 0 Å². The second-order valence-electron chi connectivity index (χ2n) is 5.34. The minimum Gasteiger partial charge on any atom is -0.377 e. The van der Waals surface area contributed by atoms with E-state index < -0.39 is 11.8 Å². The van der Waals surface area contributed by atoms with Crippen molar-refractivity contribution in [2.24, 2.45) is 0 Å². The molecule has 136 valence electrons. The molecule has 2 aromatic rings. The largest absolute Gasteiger partial charge is 0.377 e. The Morgan fingerprint density at radius 3 is 2.42 bits per heavy atom. The van der Waals surface area contributed by atoms with Gasteiger partial charge < -0.3 is 10.1 Å². The fourth-order valence-corrected chi connectivity index (χ4v) is 2.62. The van der Waals surface area contributed by atoms with Gasteiger partial charge in [-0.25, -0.2) is 0 Å². The second kappa shape index (κ2) is 8.97. The Hall–Kier alpha value is -2.91. The molecule has 0 atom stereocenters. The van der Waals surface area contributed by atoms with Gasteiger partial charge in [0, 0.05) is 30.0 Å². The van der Waals surface area contributed by atoms with E-state index in [9.17, 15) is 14.4 Å². The molecule has 8 nitrogen and oxygen atoms in total. The average Bonchev–Trinajstić information content (AvgIpc) is 3.02. The van der Waals surface area contributed by atoms with Crippen molar-refractivity contribution in [1.29, 1.82) is 0 Å². The summed E-state index contributed by atoms with van der Waals surface area (Å²) in [6.45, 7) is 3.30. The highest BCUT2D eigenvalue weighted by molar-refractivity contribution is 7.15. The van der Waals surface area contributed by atoms with Gasteiger partial charge in [-0.15, -0.1) is 10.2 Å². The number of rotatable bonds is 7. The molecule has 1 aromatic carbocycles. The lowest BCUT2D eigenvalue weighted by Gasteiger charge is -2.04. The molecule has 0 saturated carbocycles. The summed E-state index contributed by atoms with van der Waals surface area (Å²) < 4.78 is 4.94. The number of aromatic nitrogens is 2. The number of hydrogen-bond donors (Lipinski definition) is 2. The maximum atomic E-state index is 12.1. The van der Waals surface area contributed by atoms with Crippen molar-refractivity contribution in [2.45, 2.75) is 20.5 Å². The third kappa shape index (κ3) is 5.57. The maximum absolute atomic E-state index is 12.1. The molecule has 1 aromatic heterocycles. The predicted molar refractivity (Wildman–Crippen MR) is 98.1 cm³/mol. The highest BCUT2D eigenvalue weighted by atomic mass is 32.1. The Balaban J connectivity index is 1.94. The summed E-state index contributed by atoms with van der Waals surface area (Å²) in [5.41, 5.74) is 1.29. The smallest absolute Gasteiger partial charge is 0.253 e. The first-order valence-corrected chi connectivity index (χ1v) is 8.43. The summed E-state index contributed by atoms with van der Waals surface area (Å²) in [4.78, 5) is 35.3. The predicted octanol–water partition coefficient (Wildman–Crippen LogP) is 2.41. The Morgan fingerprint density at radius 2 is 1.81 bits per heavy atom. The maximum Gasteiger partial charge on any atom is 0.253 e. The number of Topliss-reactive ketones (excluding diaryl/α,β-unsaturated/α-hetero) is 1. The lowest BCUT2D eigenvalue weighted by molar-refractivity contribution is -0.114. The van der Waals surface area contributed by atoms with Gasteiger partial charge in [0.15, 0.2) is 5.78 Å². The van der Waals surface area contributed by atoms with E-state index in [1.165, 1.54) is 31.3 Å². The molecule has 9 heteroatoms. The highest BCUT2D eigenvalue weighted by Crippen LogP contribution is 2.16. The van der Waals surface area contributed by atoms with Crippen LogP contribution in [0.1, 0.15) is 29.2 Å². The zero-order valence-corrected chi connectivity index (χ0v) is 15.3. The molecular weight excluding hydrogens is 356 g/mol. The van der Waals surface area contributed by atoms with Crippen molar-refractivity contribution in [2.75, 3.05) is 17.7 Å². The fourth-order valence-electron chi connectivity index (χ4n) is 1.91. The molecule has 0 bridgehead atoms. The molecule has 1 heterocycles. The molecule has 0 radical (unpaired) electrons. The average molecular weight is 374 g/mol. The van der Waals surface area contributed by atoms with E-state index in [1.54, 1.807) is 31.4 Å². The molecule has 0 saturated heterocycles. The topological polar surface area (TPSA) is 110 Å². The van der Waals surface area contributed by atoms with Crippen LogP contribution in [0.3, 0.4) is 0 Å². The fraction of sp³-hybridized carbons (Fsp3) is 0.235. The van der Waals surface area contributed by atoms with Gasteiger partial charge in [0.05, 0.1) is 0 Å². The third-order valence-electron chi connectivity index (χ3n) is 3.22. The molecule has 26 heavy (non-hydrogen) atoms. The van der Waals surface area contributed by atoms with Crippen LogP contribution >= 0.6 is 11.3 Å². The van der Waals surface area contributed by atoms with Crippen LogP contribution in [0.25, 0.3) is 0 Å². The van der Waals surface area contributed by atoms with Crippen molar-refractivity contribution >= 4 is 39.8 Å². The molecule has 0 unspecified atom stereocenters. The van der Waals surface area contributed by atoms with Gasteiger partial charge in [0.1, 0.15) is 11.6 Å². The van der Waals surface area contributed by atoms with Crippen LogP contribution in [0.2, 0.25) is 0 Å². The summed E-state index contributed by atoms with van der Waals surface area (Å²) in [7, 11) is 1.54. The van der Waals surface area contributed by atoms with Gasteiger partial charge in [-0.05, 0) is 38.1 Å². The monoisotopic (exact) mass is 374 g/mol. The molecule has 2 rings (SSSR count). The van der Waals surface area contributed by atoms with E-state index in [4.69, 9.17) is 4.74 Å². The second-order valence-corrected chi connectivity index (χ2v) is 6.40. The number of ether oxygens (including phenoxy) is 1. The van der Waals surface area contributed by atoms with E-state index in [-0.39, 0.29) is 11.4 Å². The number of benzene rings is 1. The Morgan fingerprint density at radius 1 is 1.12 bits per heavy atom. The quantitative estimate of drug-likeness (QED) is 0.569. The Labute approximate surface area is 154 Å². The number of carbonyl (C=O) groups excluding carboxylic acids is 3. The van der Waals surface area contributed by atoms with Crippen LogP contribution in [0.5, 0.6) is 0 Å². The van der Waals surface area contributed by atoms with Gasteiger partial charge in [-0.2, -0.15) is 0 Å². The minimum atomic E-state index is -0.453. The number of nitrogens with zero attached hydrogens (tertiary/aromatic N) is 2. The van der Waals surface area contributed by atoms with Crippen LogP contribution in [-0.2, 0) is 20.9 Å². The minimum absolute atomic E-state index is 0.0550. The summed E-state index contributed by atoms with van der Waals surface area (Å²) in [5.74, 6) is -0.960. The van der Waals surface area contributed by atoms with Gasteiger partial charge in [0.25, 0.3) is 5.91 Å². The molecule has 0 aliphatic carbocycles. The van der Waals surface area contributed by atoms with Gasteiger partial charge in [-0.3, -0.25) is 19.7 Å².